The van der Waals surface area contributed by atoms with E-state index in [1.54, 1.807) is 6.33 Å². The van der Waals surface area contributed by atoms with Crippen molar-refractivity contribution in [1.82, 2.24) is 19.5 Å². The summed E-state index contributed by atoms with van der Waals surface area (Å²) in [5.41, 5.74) is 2.53. The Kier molecular flexibility index (Phi) is 5.41. The van der Waals surface area contributed by atoms with E-state index in [4.69, 9.17) is 4.74 Å². The topological polar surface area (TPSA) is 54.7 Å². The van der Waals surface area contributed by atoms with Gasteiger partial charge in [0.15, 0.2) is 5.82 Å². The highest BCUT2D eigenvalue weighted by atomic mass is 16.5. The molecular weight excluding hydrogens is 326 g/mol. The lowest BCUT2D eigenvalue weighted by atomic mass is 9.90. The third-order valence-electron chi connectivity index (χ3n) is 6.31. The first-order valence-corrected chi connectivity index (χ1v) is 10.1. The summed E-state index contributed by atoms with van der Waals surface area (Å²) in [6.45, 7) is 5.08. The molecule has 0 radical (unpaired) electrons. The number of aromatic nitrogens is 3. The van der Waals surface area contributed by atoms with Gasteiger partial charge in [0, 0.05) is 31.5 Å². The minimum Gasteiger partial charge on any atom is -0.381 e. The van der Waals surface area contributed by atoms with Crippen LogP contribution in [-0.4, -0.2) is 58.4 Å². The molecule has 3 heterocycles. The van der Waals surface area contributed by atoms with Crippen molar-refractivity contribution in [1.29, 1.82) is 0 Å². The summed E-state index contributed by atoms with van der Waals surface area (Å²) < 4.78 is 7.53. The molecule has 4 rings (SSSR count). The maximum absolute atomic E-state index is 5.54. The van der Waals surface area contributed by atoms with Crippen molar-refractivity contribution in [2.24, 2.45) is 0 Å². The van der Waals surface area contributed by atoms with E-state index in [9.17, 15) is 0 Å². The molecule has 1 saturated carbocycles. The maximum Gasteiger partial charge on any atom is 0.154 e. The van der Waals surface area contributed by atoms with Crippen molar-refractivity contribution in [3.63, 3.8) is 0 Å². The normalized spacial score (nSPS) is 25.0. The molecule has 1 saturated heterocycles. The van der Waals surface area contributed by atoms with Gasteiger partial charge in [-0.25, -0.2) is 9.50 Å². The van der Waals surface area contributed by atoms with Crippen LogP contribution in [0.4, 0.5) is 5.82 Å². The van der Waals surface area contributed by atoms with E-state index in [1.165, 1.54) is 31.2 Å². The van der Waals surface area contributed by atoms with Gasteiger partial charge >= 0.3 is 0 Å². The lowest BCUT2D eigenvalue weighted by Crippen LogP contribution is -2.38. The Morgan fingerprint density at radius 2 is 1.96 bits per heavy atom. The molecule has 6 nitrogen and oxygen atoms in total. The third-order valence-corrected chi connectivity index (χ3v) is 6.31. The smallest absolute Gasteiger partial charge is 0.154 e. The molecule has 6 heteroatoms. The van der Waals surface area contributed by atoms with Gasteiger partial charge in [-0.2, -0.15) is 5.10 Å². The fourth-order valence-corrected chi connectivity index (χ4v) is 4.53. The molecule has 2 aromatic heterocycles. The Morgan fingerprint density at radius 3 is 2.69 bits per heavy atom. The van der Waals surface area contributed by atoms with Crippen LogP contribution in [0.1, 0.15) is 56.9 Å². The first-order valence-electron chi connectivity index (χ1n) is 10.1. The second-order valence-electron chi connectivity index (χ2n) is 7.78. The number of nitrogens with one attached hydrogen (secondary N) is 1. The number of hydrogen-bond acceptors (Lipinski definition) is 5. The Balaban J connectivity index is 1.51. The number of hydrogen-bond donors (Lipinski definition) is 1. The van der Waals surface area contributed by atoms with E-state index in [1.807, 2.05) is 4.52 Å². The summed E-state index contributed by atoms with van der Waals surface area (Å²) >= 11 is 0. The molecule has 0 spiro atoms. The van der Waals surface area contributed by atoms with Gasteiger partial charge in [0.05, 0.1) is 0 Å². The van der Waals surface area contributed by atoms with Crippen LogP contribution in [0.3, 0.4) is 0 Å². The minimum absolute atomic E-state index is 0.507. The fraction of sp³-hybridized carbons (Fsp3) is 0.700. The minimum atomic E-state index is 0.507. The van der Waals surface area contributed by atoms with E-state index in [0.717, 1.165) is 50.0 Å². The molecule has 26 heavy (non-hydrogen) atoms. The highest BCUT2D eigenvalue weighted by Gasteiger charge is 2.26. The second-order valence-corrected chi connectivity index (χ2v) is 7.78. The summed E-state index contributed by atoms with van der Waals surface area (Å²) in [5, 5.41) is 8.17. The summed E-state index contributed by atoms with van der Waals surface area (Å²) in [6, 6.07) is 3.46. The molecule has 142 valence electrons. The molecule has 2 aliphatic rings. The Hall–Kier alpha value is -1.66. The predicted octanol–water partition coefficient (Wildman–Crippen LogP) is 3.30. The van der Waals surface area contributed by atoms with Crippen LogP contribution in [0, 0.1) is 0 Å². The molecule has 1 N–H and O–H groups in total. The number of fused-ring (bicyclic) bond motifs is 1. The monoisotopic (exact) mass is 357 g/mol. The number of anilines is 1. The predicted molar refractivity (Wildman–Crippen MR) is 104 cm³/mol. The molecule has 1 aliphatic carbocycles. The summed E-state index contributed by atoms with van der Waals surface area (Å²) in [4.78, 5) is 7.10. The zero-order chi connectivity index (χ0) is 17.9. The third kappa shape index (κ3) is 3.58. The van der Waals surface area contributed by atoms with Crippen LogP contribution < -0.4 is 5.32 Å². The molecule has 1 aliphatic heterocycles. The Labute approximate surface area is 155 Å². The van der Waals surface area contributed by atoms with Gasteiger partial charge in [0.2, 0.25) is 0 Å². The fourth-order valence-electron chi connectivity index (χ4n) is 4.53. The van der Waals surface area contributed by atoms with Crippen LogP contribution >= 0.6 is 0 Å². The number of rotatable bonds is 5. The van der Waals surface area contributed by atoms with Gasteiger partial charge in [0.25, 0.3) is 0 Å². The average Bonchev–Trinajstić information content (AvgIpc) is 3.14. The van der Waals surface area contributed by atoms with Gasteiger partial charge in [-0.15, -0.1) is 0 Å². The van der Waals surface area contributed by atoms with Crippen molar-refractivity contribution in [2.75, 3.05) is 32.1 Å². The van der Waals surface area contributed by atoms with E-state index >= 15 is 0 Å². The second kappa shape index (κ2) is 7.92. The van der Waals surface area contributed by atoms with E-state index in [-0.39, 0.29) is 0 Å². The molecule has 0 atom stereocenters. The quantitative estimate of drug-likeness (QED) is 0.890. The van der Waals surface area contributed by atoms with Gasteiger partial charge < -0.3 is 15.0 Å². The molecule has 0 unspecified atom stereocenters. The molecule has 0 aromatic carbocycles. The number of nitrogens with zero attached hydrogens (tertiary/aromatic N) is 4. The van der Waals surface area contributed by atoms with Crippen LogP contribution in [0.2, 0.25) is 0 Å². The van der Waals surface area contributed by atoms with Crippen LogP contribution in [0.5, 0.6) is 0 Å². The molecular formula is C20H31N5O. The zero-order valence-corrected chi connectivity index (χ0v) is 16.0. The van der Waals surface area contributed by atoms with Crippen molar-refractivity contribution in [3.05, 3.63) is 24.2 Å². The van der Waals surface area contributed by atoms with Crippen LogP contribution in [-0.2, 0) is 4.74 Å². The molecule has 0 bridgehead atoms. The Morgan fingerprint density at radius 1 is 1.19 bits per heavy atom. The lowest BCUT2D eigenvalue weighted by molar-refractivity contribution is 0.0856. The highest BCUT2D eigenvalue weighted by molar-refractivity contribution is 5.73. The standard InChI is InChI=1S/C20H31N5O/c1-3-24(2)17-6-4-16(5-7-17)23-20-19-18(15-9-12-26-13-10-15)8-11-25(19)22-14-21-20/h8,11,14-17H,3-7,9-10,12-13H2,1-2H3,(H,21,22,23). The van der Waals surface area contributed by atoms with Crippen LogP contribution in [0.25, 0.3) is 5.52 Å². The number of ether oxygens (including phenoxy) is 1. The van der Waals surface area contributed by atoms with Crippen molar-refractivity contribution in [3.8, 4) is 0 Å². The maximum atomic E-state index is 5.54. The van der Waals surface area contributed by atoms with Gasteiger partial charge in [-0.1, -0.05) is 6.92 Å². The van der Waals surface area contributed by atoms with Crippen molar-refractivity contribution in [2.45, 2.75) is 63.5 Å². The summed E-state index contributed by atoms with van der Waals surface area (Å²) in [5.74, 6) is 1.55. The van der Waals surface area contributed by atoms with Crippen LogP contribution in [0.15, 0.2) is 18.6 Å². The lowest BCUT2D eigenvalue weighted by Gasteiger charge is -2.34. The molecule has 0 amide bonds. The zero-order valence-electron chi connectivity index (χ0n) is 16.0. The van der Waals surface area contributed by atoms with Gasteiger partial charge in [-0.05, 0) is 69.7 Å². The van der Waals surface area contributed by atoms with Gasteiger partial charge in [0.1, 0.15) is 11.8 Å². The molecule has 2 fully saturated rings. The first kappa shape index (κ1) is 17.7. The van der Waals surface area contributed by atoms with E-state index in [0.29, 0.717) is 12.0 Å². The van der Waals surface area contributed by atoms with Crippen molar-refractivity contribution < 1.29 is 4.74 Å². The Bertz CT molecular complexity index is 716. The van der Waals surface area contributed by atoms with E-state index in [2.05, 4.69) is 46.5 Å². The van der Waals surface area contributed by atoms with Crippen molar-refractivity contribution >= 4 is 11.3 Å². The van der Waals surface area contributed by atoms with Gasteiger partial charge in [-0.3, -0.25) is 0 Å². The SMILES string of the molecule is CCN(C)C1CCC(Nc2ncnn3ccc(C4CCOCC4)c23)CC1. The van der Waals surface area contributed by atoms with E-state index < -0.39 is 0 Å². The molecule has 2 aromatic rings. The average molecular weight is 358 g/mol. The highest BCUT2D eigenvalue weighted by Crippen LogP contribution is 2.34. The summed E-state index contributed by atoms with van der Waals surface area (Å²) in [6.07, 6.45) is 10.8. The largest absolute Gasteiger partial charge is 0.381 e. The summed E-state index contributed by atoms with van der Waals surface area (Å²) in [7, 11) is 2.24. The first-order chi connectivity index (χ1) is 12.8.